The number of thioether (sulfide) groups is 1. The van der Waals surface area contributed by atoms with E-state index in [9.17, 15) is 0 Å². The summed E-state index contributed by atoms with van der Waals surface area (Å²) in [6.45, 7) is 6.26. The summed E-state index contributed by atoms with van der Waals surface area (Å²) in [5.74, 6) is 1.32. The van der Waals surface area contributed by atoms with Gasteiger partial charge in [0.2, 0.25) is 11.9 Å². The van der Waals surface area contributed by atoms with Crippen molar-refractivity contribution in [1.29, 1.82) is 10.5 Å². The van der Waals surface area contributed by atoms with Crippen LogP contribution >= 0.6 is 58.2 Å². The van der Waals surface area contributed by atoms with Crippen LogP contribution in [0.4, 0.5) is 11.9 Å². The van der Waals surface area contributed by atoms with E-state index in [-0.39, 0.29) is 36.8 Å². The number of hydrogen-bond acceptors (Lipinski definition) is 8. The van der Waals surface area contributed by atoms with Gasteiger partial charge in [0.25, 0.3) is 0 Å². The van der Waals surface area contributed by atoms with Gasteiger partial charge >= 0.3 is 0 Å². The summed E-state index contributed by atoms with van der Waals surface area (Å²) in [4.78, 5) is 13.1. The lowest BCUT2D eigenvalue weighted by atomic mass is 10.1. The fourth-order valence-corrected chi connectivity index (χ4v) is 3.57. The maximum Gasteiger partial charge on any atom is 0.228 e. The van der Waals surface area contributed by atoms with Crippen molar-refractivity contribution in [2.75, 3.05) is 16.9 Å². The summed E-state index contributed by atoms with van der Waals surface area (Å²) >= 11 is 24.3. The predicted molar refractivity (Wildman–Crippen MR) is 128 cm³/mol. The quantitative estimate of drug-likeness (QED) is 0.271. The monoisotopic (exact) mass is 517 g/mol. The lowest BCUT2D eigenvalue weighted by Crippen LogP contribution is -2.28. The Labute approximate surface area is 205 Å². The zero-order valence-corrected chi connectivity index (χ0v) is 21.0. The Balaban J connectivity index is 0.000000225. The van der Waals surface area contributed by atoms with E-state index in [0.29, 0.717) is 17.9 Å². The van der Waals surface area contributed by atoms with Crippen molar-refractivity contribution in [3.63, 3.8) is 0 Å². The molecule has 1 aliphatic carbocycles. The number of nitrogens with one attached hydrogen (secondary N) is 2. The number of nitriles is 2. The smallest absolute Gasteiger partial charge is 0.228 e. The zero-order chi connectivity index (χ0) is 23.3. The molecule has 1 saturated carbocycles. The molecule has 0 spiro atoms. The Morgan fingerprint density at radius 2 is 1.39 bits per heavy atom. The number of aromatic nitrogens is 3. The van der Waals surface area contributed by atoms with Crippen LogP contribution in [0.2, 0.25) is 20.1 Å². The molecule has 2 aromatic rings. The molecule has 0 saturated heterocycles. The van der Waals surface area contributed by atoms with Crippen LogP contribution in [-0.2, 0) is 0 Å². The molecule has 0 unspecified atom stereocenters. The predicted octanol–water partition coefficient (Wildman–Crippen LogP) is 6.42. The molecule has 1 aromatic heterocycles. The van der Waals surface area contributed by atoms with E-state index in [4.69, 9.17) is 56.9 Å². The molecule has 1 aliphatic rings. The normalized spacial score (nSPS) is 12.8. The van der Waals surface area contributed by atoms with Crippen molar-refractivity contribution in [2.24, 2.45) is 0 Å². The molecule has 3 rings (SSSR count). The second-order valence-electron chi connectivity index (χ2n) is 7.49. The Morgan fingerprint density at radius 3 is 1.81 bits per heavy atom. The first-order valence-electron chi connectivity index (χ1n) is 9.01. The van der Waals surface area contributed by atoms with E-state index in [1.165, 1.54) is 24.6 Å². The maximum absolute atomic E-state index is 8.70. The van der Waals surface area contributed by atoms with Crippen molar-refractivity contribution in [1.82, 2.24) is 15.0 Å². The van der Waals surface area contributed by atoms with Crippen LogP contribution in [0.15, 0.2) is 5.16 Å². The molecule has 7 nitrogen and oxygen atoms in total. The summed E-state index contributed by atoms with van der Waals surface area (Å²) in [7, 11) is 0. The summed E-state index contributed by atoms with van der Waals surface area (Å²) in [6, 6.07) is 4.05. The van der Waals surface area contributed by atoms with Gasteiger partial charge in [-0.2, -0.15) is 25.5 Å². The topological polar surface area (TPSA) is 110 Å². The highest BCUT2D eigenvalue weighted by Crippen LogP contribution is 2.40. The van der Waals surface area contributed by atoms with E-state index in [2.05, 4.69) is 46.4 Å². The summed E-state index contributed by atoms with van der Waals surface area (Å²) < 4.78 is 0. The molecule has 0 aliphatic heterocycles. The molecule has 1 heterocycles. The first kappa shape index (κ1) is 25.6. The average molecular weight is 519 g/mol. The van der Waals surface area contributed by atoms with E-state index in [1.807, 2.05) is 6.26 Å². The highest BCUT2D eigenvalue weighted by atomic mass is 35.5. The first-order chi connectivity index (χ1) is 14.5. The molecule has 0 bridgehead atoms. The van der Waals surface area contributed by atoms with Crippen molar-refractivity contribution in [3.8, 4) is 12.1 Å². The number of rotatable bonds is 4. The molecule has 2 N–H and O–H groups in total. The Kier molecular flexibility index (Phi) is 8.88. The molecule has 0 atom stereocenters. The van der Waals surface area contributed by atoms with Gasteiger partial charge < -0.3 is 10.6 Å². The van der Waals surface area contributed by atoms with Crippen LogP contribution in [0.1, 0.15) is 44.7 Å². The molecule has 164 valence electrons. The number of nitrogens with zero attached hydrogens (tertiary/aromatic N) is 5. The minimum absolute atomic E-state index is 0.0363. The number of anilines is 2. The van der Waals surface area contributed by atoms with Gasteiger partial charge in [-0.25, -0.2) is 0 Å². The first-order valence-corrected chi connectivity index (χ1v) is 11.7. The van der Waals surface area contributed by atoms with Crippen LogP contribution in [0.5, 0.6) is 0 Å². The molecular weight excluding hydrogens is 500 g/mol. The minimum Gasteiger partial charge on any atom is -0.351 e. The van der Waals surface area contributed by atoms with Crippen molar-refractivity contribution in [3.05, 3.63) is 31.2 Å². The summed E-state index contributed by atoms with van der Waals surface area (Å²) in [5.41, 5.74) is -0.132. The van der Waals surface area contributed by atoms with Crippen molar-refractivity contribution < 1.29 is 0 Å². The van der Waals surface area contributed by atoms with Crippen LogP contribution < -0.4 is 10.6 Å². The lowest BCUT2D eigenvalue weighted by molar-refractivity contribution is 0.622. The van der Waals surface area contributed by atoms with E-state index >= 15 is 0 Å². The molecule has 1 fully saturated rings. The fraction of sp³-hybridized carbons (Fsp3) is 0.421. The number of hydrogen-bond donors (Lipinski definition) is 2. The fourth-order valence-electron chi connectivity index (χ4n) is 2.14. The Hall–Kier alpha value is -1.68. The zero-order valence-electron chi connectivity index (χ0n) is 17.1. The maximum atomic E-state index is 8.70. The van der Waals surface area contributed by atoms with Crippen LogP contribution in [0.25, 0.3) is 0 Å². The highest BCUT2D eigenvalue weighted by Gasteiger charge is 2.23. The lowest BCUT2D eigenvalue weighted by Gasteiger charge is -2.20. The van der Waals surface area contributed by atoms with E-state index in [0.717, 1.165) is 5.16 Å². The third kappa shape index (κ3) is 7.17. The van der Waals surface area contributed by atoms with Gasteiger partial charge in [0.15, 0.2) is 5.16 Å². The van der Waals surface area contributed by atoms with Crippen LogP contribution in [-0.4, -0.2) is 32.8 Å². The van der Waals surface area contributed by atoms with Crippen LogP contribution in [0.3, 0.4) is 0 Å². The summed E-state index contributed by atoms with van der Waals surface area (Å²) in [6.07, 6.45) is 4.39. The minimum atomic E-state index is -0.0746. The van der Waals surface area contributed by atoms with Gasteiger partial charge in [0.1, 0.15) is 12.1 Å². The largest absolute Gasteiger partial charge is 0.351 e. The number of halogens is 4. The Morgan fingerprint density at radius 1 is 0.871 bits per heavy atom. The molecule has 0 radical (unpaired) electrons. The molecule has 0 amide bonds. The van der Waals surface area contributed by atoms with Gasteiger partial charge in [0, 0.05) is 11.6 Å². The summed E-state index contributed by atoms with van der Waals surface area (Å²) in [5, 5.41) is 24.5. The molecule has 1 aromatic carbocycles. The molecular formula is C19H19Cl4N7S. The van der Waals surface area contributed by atoms with Crippen molar-refractivity contribution in [2.45, 2.75) is 50.4 Å². The second-order valence-corrected chi connectivity index (χ2v) is 9.78. The van der Waals surface area contributed by atoms with Gasteiger partial charge in [-0.1, -0.05) is 58.2 Å². The third-order valence-electron chi connectivity index (χ3n) is 3.68. The van der Waals surface area contributed by atoms with E-state index in [1.54, 1.807) is 12.1 Å². The van der Waals surface area contributed by atoms with Gasteiger partial charge in [-0.05, 0) is 39.9 Å². The average Bonchev–Trinajstić information content (AvgIpc) is 3.50. The van der Waals surface area contributed by atoms with Crippen LogP contribution in [0, 0.1) is 22.7 Å². The second kappa shape index (κ2) is 10.8. The van der Waals surface area contributed by atoms with E-state index < -0.39 is 0 Å². The van der Waals surface area contributed by atoms with Crippen molar-refractivity contribution >= 4 is 70.1 Å². The van der Waals surface area contributed by atoms with Gasteiger partial charge in [0.05, 0.1) is 31.2 Å². The number of benzene rings is 1. The SMILES string of the molecule is CSc1nc(NC2CC2)nc(NC(C)(C)C)n1.N#Cc1c(Cl)c(Cl)c(Cl)c(C#N)c1Cl. The standard InChI is InChI=1S/C11H19N5S.C8Cl4N2/c1-11(2,3)16-9-13-8(12-7-5-6-7)14-10(15-9)17-4;9-5-3(1-13)6(10)8(12)7(11)4(5)2-14/h7H,5-6H2,1-4H3,(H2,12,13,14,15,16);. The highest BCUT2D eigenvalue weighted by molar-refractivity contribution is 7.98. The van der Waals surface area contributed by atoms with Gasteiger partial charge in [-0.3, -0.25) is 0 Å². The molecule has 31 heavy (non-hydrogen) atoms. The van der Waals surface area contributed by atoms with Gasteiger partial charge in [-0.15, -0.1) is 0 Å². The third-order valence-corrected chi connectivity index (χ3v) is 5.93. The Bertz CT molecular complexity index is 1010. The molecule has 12 heteroatoms.